The molecule has 6 nitrogen and oxygen atoms in total. The minimum atomic E-state index is -1.27. The number of benzene rings is 2. The van der Waals surface area contributed by atoms with E-state index in [1.807, 2.05) is 36.6 Å². The van der Waals surface area contributed by atoms with Crippen LogP contribution in [-0.4, -0.2) is 21.8 Å². The number of aryl methyl sites for hydroxylation is 1. The quantitative estimate of drug-likeness (QED) is 0.490. The second-order valence-electron chi connectivity index (χ2n) is 7.40. The molecule has 2 heterocycles. The van der Waals surface area contributed by atoms with Crippen LogP contribution in [0.25, 0.3) is 0 Å². The summed E-state index contributed by atoms with van der Waals surface area (Å²) in [5.74, 6) is 0.360. The molecule has 0 radical (unpaired) electrons. The van der Waals surface area contributed by atoms with Crippen molar-refractivity contribution in [2.24, 2.45) is 0 Å². The Morgan fingerprint density at radius 2 is 1.90 bits per heavy atom. The molecule has 1 atom stereocenters. The van der Waals surface area contributed by atoms with Crippen LogP contribution in [0.1, 0.15) is 28.8 Å². The summed E-state index contributed by atoms with van der Waals surface area (Å²) in [4.78, 5) is 31.3. The van der Waals surface area contributed by atoms with Crippen molar-refractivity contribution in [1.82, 2.24) is 15.2 Å². The predicted molar refractivity (Wildman–Crippen MR) is 121 cm³/mol. The maximum Gasteiger partial charge on any atom is 0.325 e. The molecule has 4 rings (SSSR count). The average Bonchev–Trinajstić information content (AvgIpc) is 3.26. The highest BCUT2D eigenvalue weighted by molar-refractivity contribution is 7.09. The fourth-order valence-electron chi connectivity index (χ4n) is 3.35. The van der Waals surface area contributed by atoms with Gasteiger partial charge in [-0.2, -0.15) is 0 Å². The minimum absolute atomic E-state index is 0.0620. The van der Waals surface area contributed by atoms with Crippen molar-refractivity contribution < 1.29 is 14.3 Å². The van der Waals surface area contributed by atoms with E-state index < -0.39 is 17.5 Å². The zero-order valence-electron chi connectivity index (χ0n) is 16.8. The molecule has 0 aliphatic carbocycles. The smallest absolute Gasteiger partial charge is 0.325 e. The number of amides is 3. The Morgan fingerprint density at radius 1 is 1.16 bits per heavy atom. The molecule has 160 valence electrons. The molecular formula is C22H19Cl2N3O3S. The first kappa shape index (κ1) is 21.6. The molecule has 1 aromatic heterocycles. The number of ether oxygens (including phenoxy) is 1. The van der Waals surface area contributed by atoms with E-state index in [0.29, 0.717) is 27.9 Å². The number of urea groups is 1. The van der Waals surface area contributed by atoms with Crippen LogP contribution in [0.5, 0.6) is 5.75 Å². The molecule has 1 aliphatic rings. The molecule has 1 N–H and O–H groups in total. The molecule has 0 spiro atoms. The van der Waals surface area contributed by atoms with Gasteiger partial charge >= 0.3 is 6.03 Å². The number of nitrogens with one attached hydrogen (secondary N) is 1. The van der Waals surface area contributed by atoms with Crippen molar-refractivity contribution in [1.29, 1.82) is 0 Å². The predicted octanol–water partition coefficient (Wildman–Crippen LogP) is 5.30. The van der Waals surface area contributed by atoms with Crippen LogP contribution >= 0.6 is 34.5 Å². The Morgan fingerprint density at radius 3 is 2.61 bits per heavy atom. The van der Waals surface area contributed by atoms with E-state index in [9.17, 15) is 9.59 Å². The Hall–Kier alpha value is -2.61. The van der Waals surface area contributed by atoms with Crippen LogP contribution in [0.2, 0.25) is 10.0 Å². The molecule has 0 saturated carbocycles. The fraction of sp³-hybridized carbons (Fsp3) is 0.227. The highest BCUT2D eigenvalue weighted by Crippen LogP contribution is 2.35. The largest absolute Gasteiger partial charge is 0.486 e. The number of imide groups is 1. The van der Waals surface area contributed by atoms with Crippen molar-refractivity contribution in [2.45, 2.75) is 32.5 Å². The monoisotopic (exact) mass is 475 g/mol. The van der Waals surface area contributed by atoms with Crippen LogP contribution in [0.3, 0.4) is 0 Å². The van der Waals surface area contributed by atoms with E-state index in [4.69, 9.17) is 27.9 Å². The SMILES string of the molecule is Cc1ccc(OCc2nc(CN3C(=O)NC(C)(c4ccc(Cl)cc4Cl)C3=O)cs2)cc1. The third-order valence-corrected chi connectivity index (χ3v) is 6.47. The number of hydrogen-bond donors (Lipinski definition) is 1. The van der Waals surface area contributed by atoms with Crippen molar-refractivity contribution in [3.8, 4) is 5.75 Å². The zero-order chi connectivity index (χ0) is 22.2. The number of halogens is 2. The summed E-state index contributed by atoms with van der Waals surface area (Å²) in [6.07, 6.45) is 0. The first-order chi connectivity index (χ1) is 14.8. The van der Waals surface area contributed by atoms with Gasteiger partial charge in [-0.05, 0) is 38.1 Å². The van der Waals surface area contributed by atoms with Gasteiger partial charge in [-0.3, -0.25) is 9.69 Å². The lowest BCUT2D eigenvalue weighted by Crippen LogP contribution is -2.41. The average molecular weight is 476 g/mol. The van der Waals surface area contributed by atoms with Crippen molar-refractivity contribution in [3.05, 3.63) is 79.7 Å². The molecule has 1 fully saturated rings. The lowest BCUT2D eigenvalue weighted by molar-refractivity contribution is -0.131. The van der Waals surface area contributed by atoms with Crippen LogP contribution in [0.15, 0.2) is 47.8 Å². The second kappa shape index (κ2) is 8.49. The summed E-state index contributed by atoms with van der Waals surface area (Å²) < 4.78 is 5.75. The van der Waals surface area contributed by atoms with Crippen LogP contribution in [0, 0.1) is 6.92 Å². The van der Waals surface area contributed by atoms with E-state index in [1.165, 1.54) is 11.3 Å². The Balaban J connectivity index is 1.45. The molecular weight excluding hydrogens is 457 g/mol. The number of carbonyl (C=O) groups excluding carboxylic acids is 2. The fourth-order valence-corrected chi connectivity index (χ4v) is 4.64. The summed E-state index contributed by atoms with van der Waals surface area (Å²) >= 11 is 13.7. The first-order valence-corrected chi connectivity index (χ1v) is 11.1. The third kappa shape index (κ3) is 4.39. The van der Waals surface area contributed by atoms with E-state index in [-0.39, 0.29) is 6.54 Å². The molecule has 1 aliphatic heterocycles. The number of thiazole rings is 1. The van der Waals surface area contributed by atoms with Gasteiger partial charge in [0.05, 0.1) is 12.2 Å². The summed E-state index contributed by atoms with van der Waals surface area (Å²) in [6.45, 7) is 4.02. The molecule has 1 unspecified atom stereocenters. The summed E-state index contributed by atoms with van der Waals surface area (Å²) in [5, 5.41) is 6.09. The van der Waals surface area contributed by atoms with E-state index >= 15 is 0 Å². The lowest BCUT2D eigenvalue weighted by Gasteiger charge is -2.23. The first-order valence-electron chi connectivity index (χ1n) is 9.48. The zero-order valence-corrected chi connectivity index (χ0v) is 19.1. The van der Waals surface area contributed by atoms with Gasteiger partial charge in [-0.25, -0.2) is 9.78 Å². The maximum atomic E-state index is 13.1. The molecule has 2 aromatic carbocycles. The summed E-state index contributed by atoms with van der Waals surface area (Å²) in [6, 6.07) is 12.1. The van der Waals surface area contributed by atoms with Gasteiger partial charge in [-0.15, -0.1) is 11.3 Å². The highest BCUT2D eigenvalue weighted by atomic mass is 35.5. The molecule has 3 amide bonds. The summed E-state index contributed by atoms with van der Waals surface area (Å²) in [5.41, 5.74) is 0.989. The highest BCUT2D eigenvalue weighted by Gasteiger charge is 2.50. The number of aromatic nitrogens is 1. The molecule has 9 heteroatoms. The second-order valence-corrected chi connectivity index (χ2v) is 9.19. The Kier molecular flexibility index (Phi) is 5.92. The number of rotatable bonds is 6. The van der Waals surface area contributed by atoms with Crippen molar-refractivity contribution in [2.75, 3.05) is 0 Å². The Labute approximate surface area is 193 Å². The topological polar surface area (TPSA) is 71.5 Å². The number of nitrogens with zero attached hydrogens (tertiary/aromatic N) is 2. The normalized spacial score (nSPS) is 18.4. The molecule has 3 aromatic rings. The van der Waals surface area contributed by atoms with Crippen LogP contribution < -0.4 is 10.1 Å². The van der Waals surface area contributed by atoms with Crippen molar-refractivity contribution >= 4 is 46.5 Å². The maximum absolute atomic E-state index is 13.1. The lowest BCUT2D eigenvalue weighted by atomic mass is 9.92. The van der Waals surface area contributed by atoms with Crippen LogP contribution in [0.4, 0.5) is 4.79 Å². The molecule has 31 heavy (non-hydrogen) atoms. The van der Waals surface area contributed by atoms with Gasteiger partial charge < -0.3 is 10.1 Å². The minimum Gasteiger partial charge on any atom is -0.486 e. The number of carbonyl (C=O) groups is 2. The summed E-state index contributed by atoms with van der Waals surface area (Å²) in [7, 11) is 0. The van der Waals surface area contributed by atoms with Gasteiger partial charge in [0.25, 0.3) is 5.91 Å². The molecule has 1 saturated heterocycles. The van der Waals surface area contributed by atoms with E-state index in [1.54, 1.807) is 25.1 Å². The van der Waals surface area contributed by atoms with Crippen molar-refractivity contribution in [3.63, 3.8) is 0 Å². The van der Waals surface area contributed by atoms with Crippen LogP contribution in [-0.2, 0) is 23.5 Å². The van der Waals surface area contributed by atoms with E-state index in [2.05, 4.69) is 10.3 Å². The number of hydrogen-bond acceptors (Lipinski definition) is 5. The van der Waals surface area contributed by atoms with E-state index in [0.717, 1.165) is 21.2 Å². The van der Waals surface area contributed by atoms with Gasteiger partial charge in [0, 0.05) is 21.0 Å². The van der Waals surface area contributed by atoms with Gasteiger partial charge in [0.2, 0.25) is 0 Å². The Bertz CT molecular complexity index is 1150. The van der Waals surface area contributed by atoms with Gasteiger partial charge in [0.15, 0.2) is 0 Å². The molecule has 0 bridgehead atoms. The third-order valence-electron chi connectivity index (χ3n) is 5.05. The van der Waals surface area contributed by atoms with Gasteiger partial charge in [-0.1, -0.05) is 47.0 Å². The van der Waals surface area contributed by atoms with Gasteiger partial charge in [0.1, 0.15) is 22.9 Å². The standard InChI is InChI=1S/C22H19Cl2N3O3S/c1-13-3-6-16(7-4-13)30-11-19-25-15(12-31-19)10-27-20(28)22(2,26-21(27)29)17-8-5-14(23)9-18(17)24/h3-9,12H,10-11H2,1-2H3,(H,26,29).